The van der Waals surface area contributed by atoms with Crippen LogP contribution >= 0.6 is 0 Å². The zero-order valence-electron chi connectivity index (χ0n) is 15.0. The number of nitrogens with two attached hydrogens (primary N) is 1. The van der Waals surface area contributed by atoms with E-state index in [-0.39, 0.29) is 4.90 Å². The van der Waals surface area contributed by atoms with E-state index in [9.17, 15) is 8.42 Å². The van der Waals surface area contributed by atoms with Gasteiger partial charge in [-0.25, -0.2) is 18.5 Å². The first-order valence-electron chi connectivity index (χ1n) is 8.51. The zero-order valence-corrected chi connectivity index (χ0v) is 15.9. The van der Waals surface area contributed by atoms with Gasteiger partial charge in [-0.1, -0.05) is 42.5 Å². The van der Waals surface area contributed by atoms with E-state index in [1.807, 2.05) is 12.1 Å². The van der Waals surface area contributed by atoms with Gasteiger partial charge in [-0.3, -0.25) is 0 Å². The van der Waals surface area contributed by atoms with Gasteiger partial charge in [0.05, 0.1) is 10.6 Å². The number of sulfonamides is 1. The second-order valence-electron chi connectivity index (χ2n) is 6.68. The summed E-state index contributed by atoms with van der Waals surface area (Å²) in [5.74, 6) is 0. The molecule has 0 aliphatic rings. The molecule has 0 unspecified atom stereocenters. The van der Waals surface area contributed by atoms with Gasteiger partial charge in [0.15, 0.2) is 0 Å². The molecular weight excluding hydrogens is 358 g/mol. The van der Waals surface area contributed by atoms with Crippen molar-refractivity contribution in [3.63, 3.8) is 0 Å². The summed E-state index contributed by atoms with van der Waals surface area (Å²) in [5, 5.41) is 5.20. The minimum Gasteiger partial charge on any atom is -0.305 e. The summed E-state index contributed by atoms with van der Waals surface area (Å²) < 4.78 is 24.7. The first-order valence-corrected chi connectivity index (χ1v) is 10.1. The Morgan fingerprint density at radius 1 is 0.815 bits per heavy atom. The molecule has 0 atom stereocenters. The van der Waals surface area contributed by atoms with Crippen molar-refractivity contribution in [1.82, 2.24) is 9.38 Å². The Balaban J connectivity index is 1.70. The summed E-state index contributed by atoms with van der Waals surface area (Å²) >= 11 is 0. The number of aromatic nitrogens is 2. The zero-order chi connectivity index (χ0) is 19.2. The molecule has 0 aliphatic heterocycles. The monoisotopic (exact) mass is 377 g/mol. The largest absolute Gasteiger partial charge is 0.305 e. The van der Waals surface area contributed by atoms with Crippen LogP contribution in [0.3, 0.4) is 0 Å². The highest BCUT2D eigenvalue weighted by molar-refractivity contribution is 7.89. The maximum atomic E-state index is 11.5. The molecule has 0 fully saturated rings. The van der Waals surface area contributed by atoms with Crippen molar-refractivity contribution >= 4 is 15.7 Å². The smallest absolute Gasteiger partial charge is 0.239 e. The molecule has 136 valence electrons. The van der Waals surface area contributed by atoms with Crippen LogP contribution in [0.25, 0.3) is 28.0 Å². The van der Waals surface area contributed by atoms with Crippen molar-refractivity contribution in [1.29, 1.82) is 0 Å². The standard InChI is InChI=1S/C21H19N3O2S/c1-14-3-4-18(11-15(14)2)16-5-7-17(8-6-16)20-13-24-12-19(27(22,25)26)9-10-21(24)23-20/h3-13H,1-2H3,(H2,22,25,26). The summed E-state index contributed by atoms with van der Waals surface area (Å²) in [7, 11) is -3.74. The average molecular weight is 377 g/mol. The molecule has 2 N–H and O–H groups in total. The molecule has 27 heavy (non-hydrogen) atoms. The predicted octanol–water partition coefficient (Wildman–Crippen LogP) is 3.93. The van der Waals surface area contributed by atoms with E-state index in [4.69, 9.17) is 5.14 Å². The fraction of sp³-hybridized carbons (Fsp3) is 0.0952. The fourth-order valence-electron chi connectivity index (χ4n) is 3.03. The van der Waals surface area contributed by atoms with Crippen LogP contribution in [0.1, 0.15) is 11.1 Å². The predicted molar refractivity (Wildman–Crippen MR) is 107 cm³/mol. The van der Waals surface area contributed by atoms with Crippen LogP contribution in [0.2, 0.25) is 0 Å². The molecule has 4 rings (SSSR count). The third kappa shape index (κ3) is 3.37. The van der Waals surface area contributed by atoms with E-state index < -0.39 is 10.0 Å². The molecule has 6 heteroatoms. The first kappa shape index (κ1) is 17.5. The van der Waals surface area contributed by atoms with Crippen molar-refractivity contribution in [2.75, 3.05) is 0 Å². The molecule has 4 aromatic rings. The number of aryl methyl sites for hydroxylation is 2. The van der Waals surface area contributed by atoms with E-state index >= 15 is 0 Å². The van der Waals surface area contributed by atoms with Crippen LogP contribution in [-0.4, -0.2) is 17.8 Å². The highest BCUT2D eigenvalue weighted by Gasteiger charge is 2.11. The number of hydrogen-bond donors (Lipinski definition) is 1. The Hall–Kier alpha value is -2.96. The lowest BCUT2D eigenvalue weighted by atomic mass is 9.99. The van der Waals surface area contributed by atoms with Gasteiger partial charge in [-0.2, -0.15) is 0 Å². The number of hydrogen-bond acceptors (Lipinski definition) is 3. The third-order valence-corrected chi connectivity index (χ3v) is 5.67. The van der Waals surface area contributed by atoms with Crippen molar-refractivity contribution in [3.05, 3.63) is 78.1 Å². The van der Waals surface area contributed by atoms with E-state index in [1.165, 1.54) is 29.0 Å². The third-order valence-electron chi connectivity index (χ3n) is 4.77. The summed E-state index contributed by atoms with van der Waals surface area (Å²) in [6, 6.07) is 17.7. The Morgan fingerprint density at radius 2 is 1.48 bits per heavy atom. The second-order valence-corrected chi connectivity index (χ2v) is 8.24. The van der Waals surface area contributed by atoms with Crippen molar-refractivity contribution in [3.8, 4) is 22.4 Å². The number of rotatable bonds is 3. The number of fused-ring (bicyclic) bond motifs is 1. The average Bonchev–Trinajstić information content (AvgIpc) is 3.07. The number of pyridine rings is 1. The number of nitrogens with zero attached hydrogens (tertiary/aromatic N) is 2. The van der Waals surface area contributed by atoms with E-state index in [0.29, 0.717) is 5.65 Å². The molecule has 0 aliphatic carbocycles. The maximum Gasteiger partial charge on any atom is 0.239 e. The van der Waals surface area contributed by atoms with E-state index in [1.54, 1.807) is 16.7 Å². The van der Waals surface area contributed by atoms with E-state index in [0.717, 1.165) is 16.8 Å². The Labute approximate surface area is 158 Å². The molecule has 0 amide bonds. The maximum absolute atomic E-state index is 11.5. The van der Waals surface area contributed by atoms with Crippen LogP contribution < -0.4 is 5.14 Å². The summed E-state index contributed by atoms with van der Waals surface area (Å²) in [6.07, 6.45) is 3.28. The van der Waals surface area contributed by atoms with Crippen LogP contribution in [-0.2, 0) is 10.0 Å². The van der Waals surface area contributed by atoms with Gasteiger partial charge in [0, 0.05) is 18.0 Å². The van der Waals surface area contributed by atoms with Gasteiger partial charge in [0.2, 0.25) is 10.0 Å². The van der Waals surface area contributed by atoms with Gasteiger partial charge >= 0.3 is 0 Å². The number of imidazole rings is 1. The van der Waals surface area contributed by atoms with Crippen molar-refractivity contribution in [2.24, 2.45) is 5.14 Å². The van der Waals surface area contributed by atoms with Gasteiger partial charge in [-0.15, -0.1) is 0 Å². The molecule has 0 bridgehead atoms. The van der Waals surface area contributed by atoms with Crippen LogP contribution in [0.15, 0.2) is 71.9 Å². The Morgan fingerprint density at radius 3 is 2.15 bits per heavy atom. The number of benzene rings is 2. The first-order chi connectivity index (χ1) is 12.8. The van der Waals surface area contributed by atoms with Gasteiger partial charge in [-0.05, 0) is 48.2 Å². The van der Waals surface area contributed by atoms with Gasteiger partial charge in [0.25, 0.3) is 0 Å². The van der Waals surface area contributed by atoms with E-state index in [2.05, 4.69) is 49.2 Å². The molecule has 2 aromatic heterocycles. The minimum absolute atomic E-state index is 0.0593. The Bertz CT molecular complexity index is 1260. The molecular formula is C21H19N3O2S. The van der Waals surface area contributed by atoms with Crippen molar-refractivity contribution < 1.29 is 8.42 Å². The normalized spacial score (nSPS) is 11.8. The Kier molecular flexibility index (Phi) is 4.09. The number of primary sulfonamides is 1. The molecule has 2 heterocycles. The van der Waals surface area contributed by atoms with Crippen molar-refractivity contribution in [2.45, 2.75) is 18.7 Å². The topological polar surface area (TPSA) is 77.5 Å². The quantitative estimate of drug-likeness (QED) is 0.587. The molecule has 5 nitrogen and oxygen atoms in total. The SMILES string of the molecule is Cc1ccc(-c2ccc(-c3cn4cc(S(N)(=O)=O)ccc4n3)cc2)cc1C. The minimum atomic E-state index is -3.74. The second kappa shape index (κ2) is 6.33. The van der Waals surface area contributed by atoms with Gasteiger partial charge in [0.1, 0.15) is 5.65 Å². The summed E-state index contributed by atoms with van der Waals surface area (Å²) in [5.41, 5.74) is 7.26. The highest BCUT2D eigenvalue weighted by atomic mass is 32.2. The van der Waals surface area contributed by atoms with Gasteiger partial charge < -0.3 is 4.40 Å². The molecule has 0 saturated heterocycles. The highest BCUT2D eigenvalue weighted by Crippen LogP contribution is 2.26. The van der Waals surface area contributed by atoms with Crippen LogP contribution in [0, 0.1) is 13.8 Å². The lowest BCUT2D eigenvalue weighted by molar-refractivity contribution is 0.597. The molecule has 0 radical (unpaired) electrons. The fourth-order valence-corrected chi connectivity index (χ4v) is 3.55. The molecule has 0 saturated carbocycles. The summed E-state index contributed by atoms with van der Waals surface area (Å²) in [4.78, 5) is 4.62. The molecule has 2 aromatic carbocycles. The van der Waals surface area contributed by atoms with Crippen LogP contribution in [0.4, 0.5) is 0 Å². The van der Waals surface area contributed by atoms with Crippen LogP contribution in [0.5, 0.6) is 0 Å². The lowest BCUT2D eigenvalue weighted by Crippen LogP contribution is -2.12. The summed E-state index contributed by atoms with van der Waals surface area (Å²) in [6.45, 7) is 4.21. The molecule has 0 spiro atoms. The lowest BCUT2D eigenvalue weighted by Gasteiger charge is -2.06.